The average molecular weight is 432 g/mol. The smallest absolute Gasteiger partial charge is 0.269 e. The summed E-state index contributed by atoms with van der Waals surface area (Å²) in [5.41, 5.74) is 2.64. The summed E-state index contributed by atoms with van der Waals surface area (Å²) in [6.45, 7) is 0.00599. The minimum absolute atomic E-state index is 0.00599. The van der Waals surface area contributed by atoms with Crippen molar-refractivity contribution in [1.82, 2.24) is 15.1 Å². The molecule has 0 saturated heterocycles. The van der Waals surface area contributed by atoms with Crippen molar-refractivity contribution in [3.05, 3.63) is 101 Å². The Labute approximate surface area is 183 Å². The first kappa shape index (κ1) is 21.0. The fourth-order valence-corrected chi connectivity index (χ4v) is 3.26. The number of aliphatic hydroxyl groups excluding tert-OH is 1. The molecule has 4 aromatic rings. The Hall–Kier alpha value is -4.24. The number of nitro groups is 1. The number of furan rings is 1. The van der Waals surface area contributed by atoms with Crippen molar-refractivity contribution >= 4 is 11.6 Å². The number of non-ortho nitro benzene ring substituents is 1. The molecule has 2 aromatic heterocycles. The van der Waals surface area contributed by atoms with Crippen LogP contribution in [0.1, 0.15) is 17.4 Å². The molecule has 2 heterocycles. The van der Waals surface area contributed by atoms with Gasteiger partial charge in [-0.15, -0.1) is 0 Å². The van der Waals surface area contributed by atoms with Gasteiger partial charge in [0.1, 0.15) is 11.9 Å². The Bertz CT molecular complexity index is 1200. The molecular formula is C23H20N4O5. The summed E-state index contributed by atoms with van der Waals surface area (Å²) in [7, 11) is 0. The number of nitro benzene ring substituents is 1. The van der Waals surface area contributed by atoms with Crippen LogP contribution in [0.15, 0.2) is 83.6 Å². The maximum absolute atomic E-state index is 12.6. The van der Waals surface area contributed by atoms with Crippen molar-refractivity contribution in [3.8, 4) is 16.9 Å². The summed E-state index contributed by atoms with van der Waals surface area (Å²) in [6, 6.07) is 18.7. The van der Waals surface area contributed by atoms with E-state index in [0.29, 0.717) is 22.6 Å². The maximum atomic E-state index is 12.6. The van der Waals surface area contributed by atoms with Crippen molar-refractivity contribution < 1.29 is 19.2 Å². The first-order chi connectivity index (χ1) is 15.5. The van der Waals surface area contributed by atoms with E-state index >= 15 is 0 Å². The van der Waals surface area contributed by atoms with Crippen LogP contribution < -0.4 is 5.32 Å². The highest BCUT2D eigenvalue weighted by molar-refractivity contribution is 5.81. The monoisotopic (exact) mass is 432 g/mol. The number of benzene rings is 2. The lowest BCUT2D eigenvalue weighted by atomic mass is 10.1. The first-order valence-electron chi connectivity index (χ1n) is 9.88. The number of amides is 1. The van der Waals surface area contributed by atoms with Gasteiger partial charge < -0.3 is 14.8 Å². The molecule has 1 atom stereocenters. The molecule has 2 N–H and O–H groups in total. The molecule has 9 nitrogen and oxygen atoms in total. The van der Waals surface area contributed by atoms with Crippen LogP contribution in [0, 0.1) is 10.1 Å². The van der Waals surface area contributed by atoms with E-state index in [9.17, 15) is 20.0 Å². The zero-order chi connectivity index (χ0) is 22.5. The van der Waals surface area contributed by atoms with Crippen LogP contribution in [0.2, 0.25) is 0 Å². The minimum atomic E-state index is -0.949. The third-order valence-electron chi connectivity index (χ3n) is 4.88. The van der Waals surface area contributed by atoms with Gasteiger partial charge in [0.25, 0.3) is 5.69 Å². The van der Waals surface area contributed by atoms with E-state index in [2.05, 4.69) is 10.4 Å². The van der Waals surface area contributed by atoms with E-state index in [0.717, 1.165) is 5.69 Å². The highest BCUT2D eigenvalue weighted by Crippen LogP contribution is 2.26. The van der Waals surface area contributed by atoms with Crippen molar-refractivity contribution in [2.24, 2.45) is 0 Å². The lowest BCUT2D eigenvalue weighted by Crippen LogP contribution is -2.29. The van der Waals surface area contributed by atoms with Gasteiger partial charge in [0.05, 0.1) is 35.5 Å². The zero-order valence-corrected chi connectivity index (χ0v) is 16.9. The summed E-state index contributed by atoms with van der Waals surface area (Å²) in [6.07, 6.45) is 2.28. The highest BCUT2D eigenvalue weighted by atomic mass is 16.6. The normalized spacial score (nSPS) is 11.8. The van der Waals surface area contributed by atoms with Gasteiger partial charge in [-0.1, -0.05) is 18.2 Å². The number of rotatable bonds is 8. The number of hydrogen-bond donors (Lipinski definition) is 2. The molecule has 32 heavy (non-hydrogen) atoms. The minimum Gasteiger partial charge on any atom is -0.467 e. The Morgan fingerprint density at radius 1 is 1.12 bits per heavy atom. The Morgan fingerprint density at radius 3 is 2.53 bits per heavy atom. The molecule has 0 aliphatic rings. The summed E-state index contributed by atoms with van der Waals surface area (Å²) in [4.78, 5) is 23.1. The molecular weight excluding hydrogens is 412 g/mol. The van der Waals surface area contributed by atoms with Crippen LogP contribution in [0.5, 0.6) is 0 Å². The van der Waals surface area contributed by atoms with E-state index < -0.39 is 11.0 Å². The van der Waals surface area contributed by atoms with Crippen molar-refractivity contribution in [2.45, 2.75) is 12.5 Å². The van der Waals surface area contributed by atoms with Gasteiger partial charge >= 0.3 is 0 Å². The second-order valence-corrected chi connectivity index (χ2v) is 7.10. The van der Waals surface area contributed by atoms with E-state index in [1.54, 1.807) is 35.1 Å². The molecule has 0 fully saturated rings. The van der Waals surface area contributed by atoms with E-state index in [1.165, 1.54) is 18.4 Å². The maximum Gasteiger partial charge on any atom is 0.269 e. The summed E-state index contributed by atoms with van der Waals surface area (Å²) >= 11 is 0. The van der Waals surface area contributed by atoms with Crippen LogP contribution in [0.4, 0.5) is 5.69 Å². The number of aliphatic hydroxyl groups is 1. The topological polar surface area (TPSA) is 123 Å². The van der Waals surface area contributed by atoms with Crippen LogP contribution in [0.25, 0.3) is 16.9 Å². The molecule has 9 heteroatoms. The molecule has 0 radical (unpaired) electrons. The van der Waals surface area contributed by atoms with Gasteiger partial charge in [-0.25, -0.2) is 4.68 Å². The van der Waals surface area contributed by atoms with Gasteiger partial charge in [0.15, 0.2) is 0 Å². The second-order valence-electron chi connectivity index (χ2n) is 7.10. The average Bonchev–Trinajstić information content (AvgIpc) is 3.49. The number of para-hydroxylation sites is 1. The summed E-state index contributed by atoms with van der Waals surface area (Å²) in [5.74, 6) is 0.0696. The van der Waals surface area contributed by atoms with Gasteiger partial charge in [-0.05, 0) is 36.4 Å². The number of nitrogens with zero attached hydrogens (tertiary/aromatic N) is 3. The Kier molecular flexibility index (Phi) is 6.09. The van der Waals surface area contributed by atoms with Crippen LogP contribution in [0.3, 0.4) is 0 Å². The SMILES string of the molecule is O=C(Cc1cn(-c2ccccc2)nc1-c1ccc([N+](=O)[O-])cc1)NCC(O)c1ccco1. The fraction of sp³-hybridized carbons (Fsp3) is 0.130. The lowest BCUT2D eigenvalue weighted by molar-refractivity contribution is -0.384. The third-order valence-corrected chi connectivity index (χ3v) is 4.88. The highest BCUT2D eigenvalue weighted by Gasteiger charge is 2.18. The van der Waals surface area contributed by atoms with Crippen LogP contribution in [-0.2, 0) is 11.2 Å². The van der Waals surface area contributed by atoms with Gasteiger partial charge in [0.2, 0.25) is 5.91 Å². The van der Waals surface area contributed by atoms with E-state index in [-0.39, 0.29) is 24.6 Å². The number of hydrogen-bond acceptors (Lipinski definition) is 6. The summed E-state index contributed by atoms with van der Waals surface area (Å²) < 4.78 is 6.80. The number of nitrogens with one attached hydrogen (secondary N) is 1. The van der Waals surface area contributed by atoms with Crippen LogP contribution in [-0.4, -0.2) is 32.3 Å². The van der Waals surface area contributed by atoms with E-state index in [4.69, 9.17) is 4.42 Å². The quantitative estimate of drug-likeness (QED) is 0.325. The summed E-state index contributed by atoms with van der Waals surface area (Å²) in [5, 5.41) is 28.4. The lowest BCUT2D eigenvalue weighted by Gasteiger charge is -2.09. The molecule has 1 amide bonds. The van der Waals surface area contributed by atoms with Crippen molar-refractivity contribution in [2.75, 3.05) is 6.54 Å². The molecule has 0 aliphatic carbocycles. The molecule has 0 spiro atoms. The van der Waals surface area contributed by atoms with E-state index in [1.807, 2.05) is 30.3 Å². The standard InChI is InChI=1S/C23H20N4O5/c28-20(21-7-4-12-32-21)14-24-22(29)13-17-15-26(18-5-2-1-3-6-18)25-23(17)16-8-10-19(11-9-16)27(30)31/h1-12,15,20,28H,13-14H2,(H,24,29). The van der Waals surface area contributed by atoms with Gasteiger partial charge in [-0.3, -0.25) is 14.9 Å². The van der Waals surface area contributed by atoms with Gasteiger partial charge in [0, 0.05) is 29.5 Å². The third kappa shape index (κ3) is 4.73. The van der Waals surface area contributed by atoms with Crippen LogP contribution >= 0.6 is 0 Å². The molecule has 4 rings (SSSR count). The Balaban J connectivity index is 1.57. The predicted molar refractivity (Wildman–Crippen MR) is 116 cm³/mol. The molecule has 0 saturated carbocycles. The molecule has 2 aromatic carbocycles. The fourth-order valence-electron chi connectivity index (χ4n) is 3.26. The largest absolute Gasteiger partial charge is 0.467 e. The Morgan fingerprint density at radius 2 is 1.88 bits per heavy atom. The predicted octanol–water partition coefficient (Wildman–Crippen LogP) is 3.43. The van der Waals surface area contributed by atoms with Gasteiger partial charge in [-0.2, -0.15) is 5.10 Å². The molecule has 162 valence electrons. The zero-order valence-electron chi connectivity index (χ0n) is 16.9. The second kappa shape index (κ2) is 9.27. The first-order valence-corrected chi connectivity index (χ1v) is 9.88. The number of carbonyl (C=O) groups is 1. The molecule has 0 aliphatic heterocycles. The molecule has 0 bridgehead atoms. The number of carbonyl (C=O) groups excluding carboxylic acids is 1. The van der Waals surface area contributed by atoms with Crippen molar-refractivity contribution in [3.63, 3.8) is 0 Å². The number of aromatic nitrogens is 2. The molecule has 1 unspecified atom stereocenters. The van der Waals surface area contributed by atoms with Crippen molar-refractivity contribution in [1.29, 1.82) is 0 Å².